The number of hydrogen-bond acceptors (Lipinski definition) is 2. The molecule has 3 nitrogen and oxygen atoms in total. The Morgan fingerprint density at radius 3 is 2.93 bits per heavy atom. The quantitative estimate of drug-likeness (QED) is 0.693. The summed E-state index contributed by atoms with van der Waals surface area (Å²) in [5, 5.41) is 3.56. The highest BCUT2D eigenvalue weighted by Crippen LogP contribution is 2.47. The summed E-state index contributed by atoms with van der Waals surface area (Å²) in [4.78, 5) is 13.8. The highest BCUT2D eigenvalue weighted by Gasteiger charge is 2.48. The first-order valence-corrected chi connectivity index (χ1v) is 5.21. The van der Waals surface area contributed by atoms with Gasteiger partial charge in [-0.3, -0.25) is 4.79 Å². The predicted molar refractivity (Wildman–Crippen MR) is 54.4 cm³/mol. The van der Waals surface area contributed by atoms with Gasteiger partial charge in [-0.05, 0) is 36.8 Å². The molecule has 0 unspecified atom stereocenters. The molecule has 2 N–H and O–H groups in total. The third-order valence-electron chi connectivity index (χ3n) is 3.48. The molecule has 2 fully saturated rings. The Bertz CT molecular complexity index is 406. The summed E-state index contributed by atoms with van der Waals surface area (Å²) in [6.07, 6.45) is 5.57. The number of aromatic nitrogens is 1. The van der Waals surface area contributed by atoms with E-state index in [1.54, 1.807) is 12.3 Å². The zero-order chi connectivity index (χ0) is 9.60. The number of H-pyrrole nitrogens is 1. The molecular weight excluding hydrogens is 176 g/mol. The van der Waals surface area contributed by atoms with Crippen LogP contribution in [0.25, 0.3) is 0 Å². The molecule has 1 atom stereocenters. The molecule has 0 aromatic carbocycles. The molecule has 2 aliphatic rings. The monoisotopic (exact) mass is 190 g/mol. The second-order valence-electron chi connectivity index (χ2n) is 4.55. The van der Waals surface area contributed by atoms with Gasteiger partial charge < -0.3 is 10.3 Å². The van der Waals surface area contributed by atoms with E-state index in [1.807, 2.05) is 6.07 Å². The lowest BCUT2D eigenvalue weighted by molar-refractivity contribution is 0.595. The van der Waals surface area contributed by atoms with Gasteiger partial charge in [-0.2, -0.15) is 0 Å². The van der Waals surface area contributed by atoms with Crippen LogP contribution in [0.4, 0.5) is 0 Å². The van der Waals surface area contributed by atoms with Crippen molar-refractivity contribution < 1.29 is 0 Å². The third-order valence-corrected chi connectivity index (χ3v) is 3.48. The normalized spacial score (nSPS) is 28.1. The van der Waals surface area contributed by atoms with Gasteiger partial charge in [0.25, 0.3) is 0 Å². The highest BCUT2D eigenvalue weighted by atomic mass is 16.1. The standard InChI is InChI=1S/C11H14N2O/c14-10-5-8(1-4-12-10)9-6-11(2-3-11)13-7-9/h1,4-5,9,13H,2-3,6-7H2,(H,12,14)/t9-/m0/s1. The molecular formula is C11H14N2O. The lowest BCUT2D eigenvalue weighted by atomic mass is 9.96. The van der Waals surface area contributed by atoms with Crippen LogP contribution in [0.1, 0.15) is 30.7 Å². The van der Waals surface area contributed by atoms with Crippen molar-refractivity contribution in [3.8, 4) is 0 Å². The van der Waals surface area contributed by atoms with Crippen LogP contribution in [0, 0.1) is 0 Å². The third kappa shape index (κ3) is 1.28. The van der Waals surface area contributed by atoms with E-state index in [0.717, 1.165) is 6.54 Å². The lowest BCUT2D eigenvalue weighted by Gasteiger charge is -2.07. The van der Waals surface area contributed by atoms with Gasteiger partial charge in [0.2, 0.25) is 5.56 Å². The maximum atomic E-state index is 11.1. The van der Waals surface area contributed by atoms with E-state index in [4.69, 9.17) is 0 Å². The zero-order valence-corrected chi connectivity index (χ0v) is 8.05. The molecule has 1 saturated heterocycles. The smallest absolute Gasteiger partial charge is 0.248 e. The van der Waals surface area contributed by atoms with Crippen LogP contribution in [0.2, 0.25) is 0 Å². The van der Waals surface area contributed by atoms with Crippen LogP contribution in [-0.2, 0) is 0 Å². The molecule has 1 aliphatic carbocycles. The average Bonchev–Trinajstić information content (AvgIpc) is 2.76. The molecule has 1 aromatic heterocycles. The minimum absolute atomic E-state index is 0.0132. The van der Waals surface area contributed by atoms with Gasteiger partial charge in [-0.25, -0.2) is 0 Å². The topological polar surface area (TPSA) is 44.9 Å². The van der Waals surface area contributed by atoms with Crippen molar-refractivity contribution in [2.45, 2.75) is 30.7 Å². The van der Waals surface area contributed by atoms with Gasteiger partial charge in [0.05, 0.1) is 0 Å². The van der Waals surface area contributed by atoms with Crippen LogP contribution in [0.15, 0.2) is 23.1 Å². The number of aromatic amines is 1. The second-order valence-corrected chi connectivity index (χ2v) is 4.55. The van der Waals surface area contributed by atoms with Gasteiger partial charge in [-0.1, -0.05) is 0 Å². The van der Waals surface area contributed by atoms with Crippen molar-refractivity contribution in [3.05, 3.63) is 34.2 Å². The minimum atomic E-state index is 0.0132. The summed E-state index contributed by atoms with van der Waals surface area (Å²) in [7, 11) is 0. The van der Waals surface area contributed by atoms with Crippen molar-refractivity contribution >= 4 is 0 Å². The Kier molecular flexibility index (Phi) is 1.59. The van der Waals surface area contributed by atoms with E-state index in [9.17, 15) is 4.79 Å². The molecule has 74 valence electrons. The summed E-state index contributed by atoms with van der Waals surface area (Å²) >= 11 is 0. The van der Waals surface area contributed by atoms with E-state index in [2.05, 4.69) is 10.3 Å². The van der Waals surface area contributed by atoms with Gasteiger partial charge in [0, 0.05) is 24.3 Å². The first kappa shape index (κ1) is 8.24. The molecule has 0 radical (unpaired) electrons. The van der Waals surface area contributed by atoms with Gasteiger partial charge in [0.15, 0.2) is 0 Å². The molecule has 0 bridgehead atoms. The van der Waals surface area contributed by atoms with Crippen molar-refractivity contribution in [1.82, 2.24) is 10.3 Å². The molecule has 14 heavy (non-hydrogen) atoms. The van der Waals surface area contributed by atoms with Crippen LogP contribution >= 0.6 is 0 Å². The van der Waals surface area contributed by atoms with Crippen LogP contribution in [0.5, 0.6) is 0 Å². The minimum Gasteiger partial charge on any atom is -0.329 e. The summed E-state index contributed by atoms with van der Waals surface area (Å²) < 4.78 is 0. The molecule has 2 heterocycles. The Hall–Kier alpha value is -1.09. The highest BCUT2D eigenvalue weighted by molar-refractivity contribution is 5.23. The molecule has 3 heteroatoms. The molecule has 0 amide bonds. The van der Waals surface area contributed by atoms with Crippen molar-refractivity contribution in [2.24, 2.45) is 0 Å². The van der Waals surface area contributed by atoms with Crippen LogP contribution < -0.4 is 10.9 Å². The first-order valence-electron chi connectivity index (χ1n) is 5.21. The van der Waals surface area contributed by atoms with Crippen molar-refractivity contribution in [2.75, 3.05) is 6.54 Å². The fourth-order valence-electron chi connectivity index (χ4n) is 2.44. The summed E-state index contributed by atoms with van der Waals surface area (Å²) in [5.74, 6) is 0.541. The Morgan fingerprint density at radius 2 is 2.29 bits per heavy atom. The van der Waals surface area contributed by atoms with E-state index < -0.39 is 0 Å². The number of hydrogen-bond donors (Lipinski definition) is 2. The van der Waals surface area contributed by atoms with E-state index in [1.165, 1.54) is 24.8 Å². The van der Waals surface area contributed by atoms with E-state index >= 15 is 0 Å². The molecule has 3 rings (SSSR count). The fourth-order valence-corrected chi connectivity index (χ4v) is 2.44. The first-order chi connectivity index (χ1) is 6.77. The van der Waals surface area contributed by atoms with Crippen molar-refractivity contribution in [1.29, 1.82) is 0 Å². The molecule has 1 aromatic rings. The van der Waals surface area contributed by atoms with Crippen molar-refractivity contribution in [3.63, 3.8) is 0 Å². The molecule has 1 aliphatic heterocycles. The summed E-state index contributed by atoms with van der Waals surface area (Å²) in [6, 6.07) is 3.75. The average molecular weight is 190 g/mol. The van der Waals surface area contributed by atoms with Crippen LogP contribution in [-0.4, -0.2) is 17.1 Å². The number of nitrogens with one attached hydrogen (secondary N) is 2. The van der Waals surface area contributed by atoms with Gasteiger partial charge >= 0.3 is 0 Å². The maximum Gasteiger partial charge on any atom is 0.248 e. The summed E-state index contributed by atoms with van der Waals surface area (Å²) in [5.41, 5.74) is 1.65. The molecule has 1 saturated carbocycles. The number of rotatable bonds is 1. The fraction of sp³-hybridized carbons (Fsp3) is 0.545. The Labute approximate surface area is 82.5 Å². The lowest BCUT2D eigenvalue weighted by Crippen LogP contribution is -2.22. The number of pyridine rings is 1. The SMILES string of the molecule is O=c1cc([C@@H]2CNC3(CC3)C2)cc[nH]1. The largest absolute Gasteiger partial charge is 0.329 e. The van der Waals surface area contributed by atoms with Gasteiger partial charge in [-0.15, -0.1) is 0 Å². The van der Waals surface area contributed by atoms with E-state index in [0.29, 0.717) is 11.5 Å². The summed E-state index contributed by atoms with van der Waals surface area (Å²) in [6.45, 7) is 1.03. The van der Waals surface area contributed by atoms with E-state index in [-0.39, 0.29) is 5.56 Å². The second kappa shape index (κ2) is 2.70. The zero-order valence-electron chi connectivity index (χ0n) is 8.05. The predicted octanol–water partition coefficient (Wildman–Crippen LogP) is 0.984. The maximum absolute atomic E-state index is 11.1. The Balaban J connectivity index is 1.86. The van der Waals surface area contributed by atoms with Gasteiger partial charge in [0.1, 0.15) is 0 Å². The Morgan fingerprint density at radius 1 is 1.43 bits per heavy atom. The molecule has 1 spiro atoms. The van der Waals surface area contributed by atoms with Crippen LogP contribution in [0.3, 0.4) is 0 Å².